The monoisotopic (exact) mass is 496 g/mol. The Bertz CT molecular complexity index is 1350. The van der Waals surface area contributed by atoms with E-state index in [9.17, 15) is 0 Å². The third-order valence-electron chi connectivity index (χ3n) is 6.76. The van der Waals surface area contributed by atoms with Crippen molar-refractivity contribution in [2.45, 2.75) is 32.2 Å². The summed E-state index contributed by atoms with van der Waals surface area (Å²) in [4.78, 5) is 4.66. The number of hydrogen-bond donors (Lipinski definition) is 1. The summed E-state index contributed by atoms with van der Waals surface area (Å²) in [6.45, 7) is 4.68. The van der Waals surface area contributed by atoms with Crippen molar-refractivity contribution >= 4 is 29.2 Å². The van der Waals surface area contributed by atoms with Crippen LogP contribution < -0.4 is 14.8 Å². The lowest BCUT2D eigenvalue weighted by Gasteiger charge is -2.37. The fourth-order valence-corrected chi connectivity index (χ4v) is 5.41. The number of nitrogens with one attached hydrogen (secondary N) is 1. The molecule has 1 aliphatic carbocycles. The van der Waals surface area contributed by atoms with Gasteiger partial charge in [-0.25, -0.2) is 0 Å². The van der Waals surface area contributed by atoms with E-state index in [1.807, 2.05) is 13.0 Å². The van der Waals surface area contributed by atoms with Gasteiger partial charge in [-0.15, -0.1) is 6.42 Å². The maximum absolute atomic E-state index is 6.44. The van der Waals surface area contributed by atoms with E-state index in [-0.39, 0.29) is 12.6 Å². The number of nitrogens with zero attached hydrogens (tertiary/aromatic N) is 1. The highest BCUT2D eigenvalue weighted by Crippen LogP contribution is 2.50. The molecule has 36 heavy (non-hydrogen) atoms. The molecule has 5 rings (SSSR count). The Morgan fingerprint density at radius 2 is 1.97 bits per heavy atom. The number of allylic oxidation sites excluding steroid dienone is 2. The van der Waals surface area contributed by atoms with Crippen molar-refractivity contribution in [1.82, 2.24) is 0 Å². The van der Waals surface area contributed by atoms with Crippen molar-refractivity contribution in [3.05, 3.63) is 94.0 Å². The van der Waals surface area contributed by atoms with Crippen molar-refractivity contribution in [3.8, 4) is 23.8 Å². The van der Waals surface area contributed by atoms with E-state index in [1.54, 1.807) is 12.3 Å². The first kappa shape index (κ1) is 24.0. The predicted molar refractivity (Wildman–Crippen MR) is 148 cm³/mol. The summed E-state index contributed by atoms with van der Waals surface area (Å²) in [5.74, 6) is 4.43. The summed E-state index contributed by atoms with van der Waals surface area (Å²) in [6, 6.07) is 19.1. The van der Waals surface area contributed by atoms with Crippen LogP contribution >= 0.6 is 11.6 Å². The number of fused-ring (bicyclic) bond motifs is 3. The third-order valence-corrected chi connectivity index (χ3v) is 7.05. The van der Waals surface area contributed by atoms with Crippen LogP contribution in [-0.2, 0) is 0 Å². The molecule has 3 aromatic rings. The number of terminal acetylenes is 1. The minimum absolute atomic E-state index is 0.123. The fraction of sp³-hybridized carbons (Fsp3) is 0.258. The highest BCUT2D eigenvalue weighted by Gasteiger charge is 2.37. The van der Waals surface area contributed by atoms with Crippen LogP contribution in [0.4, 0.5) is 11.4 Å². The van der Waals surface area contributed by atoms with Crippen LogP contribution in [0.3, 0.4) is 0 Å². The molecule has 1 aliphatic heterocycles. The SMILES string of the molecule is C#CCOc1c(Cl)cc(C=Nc2ccc([C@@H]3Nc4ccc(C)cc4[C@@H]4C=CC[C@@H]43)cc2)cc1OCC. The Balaban J connectivity index is 1.35. The van der Waals surface area contributed by atoms with E-state index in [0.29, 0.717) is 35.0 Å². The highest BCUT2D eigenvalue weighted by molar-refractivity contribution is 6.32. The van der Waals surface area contributed by atoms with Gasteiger partial charge in [0.15, 0.2) is 11.5 Å². The number of anilines is 1. The molecule has 0 unspecified atom stereocenters. The summed E-state index contributed by atoms with van der Waals surface area (Å²) in [5.41, 5.74) is 6.91. The summed E-state index contributed by atoms with van der Waals surface area (Å²) < 4.78 is 11.3. The average molecular weight is 497 g/mol. The Morgan fingerprint density at radius 3 is 2.75 bits per heavy atom. The largest absolute Gasteiger partial charge is 0.490 e. The number of hydrogen-bond acceptors (Lipinski definition) is 4. The zero-order valence-corrected chi connectivity index (χ0v) is 21.3. The zero-order chi connectivity index (χ0) is 25.1. The molecule has 0 amide bonds. The van der Waals surface area contributed by atoms with Crippen LogP contribution in [0.25, 0.3) is 0 Å². The van der Waals surface area contributed by atoms with Gasteiger partial charge >= 0.3 is 0 Å². The second kappa shape index (κ2) is 10.5. The van der Waals surface area contributed by atoms with Gasteiger partial charge < -0.3 is 14.8 Å². The molecule has 182 valence electrons. The molecule has 2 aliphatic rings. The smallest absolute Gasteiger partial charge is 0.181 e. The lowest BCUT2D eigenvalue weighted by atomic mass is 9.76. The minimum atomic E-state index is 0.123. The van der Waals surface area contributed by atoms with E-state index >= 15 is 0 Å². The van der Waals surface area contributed by atoms with Crippen LogP contribution in [0.5, 0.6) is 11.5 Å². The number of halogens is 1. The van der Waals surface area contributed by atoms with E-state index < -0.39 is 0 Å². The van der Waals surface area contributed by atoms with Gasteiger partial charge in [0.05, 0.1) is 23.4 Å². The first-order chi connectivity index (χ1) is 17.6. The second-order valence-corrected chi connectivity index (χ2v) is 9.58. The first-order valence-electron chi connectivity index (χ1n) is 12.3. The molecule has 3 aromatic carbocycles. The summed E-state index contributed by atoms with van der Waals surface area (Å²) >= 11 is 6.44. The van der Waals surface area contributed by atoms with Gasteiger partial charge in [0.2, 0.25) is 0 Å². The molecular formula is C31H29ClN2O2. The number of rotatable bonds is 7. The molecule has 5 heteroatoms. The first-order valence-corrected chi connectivity index (χ1v) is 12.7. The molecule has 1 heterocycles. The van der Waals surface area contributed by atoms with Crippen LogP contribution in [0.15, 0.2) is 71.7 Å². The van der Waals surface area contributed by atoms with Crippen molar-refractivity contribution in [3.63, 3.8) is 0 Å². The quantitative estimate of drug-likeness (QED) is 0.207. The van der Waals surface area contributed by atoms with Crippen LogP contribution in [0.1, 0.15) is 47.6 Å². The molecule has 0 aromatic heterocycles. The van der Waals surface area contributed by atoms with Crippen LogP contribution in [-0.4, -0.2) is 19.4 Å². The molecule has 0 saturated heterocycles. The molecule has 0 saturated carbocycles. The highest BCUT2D eigenvalue weighted by atomic mass is 35.5. The summed E-state index contributed by atoms with van der Waals surface area (Å²) in [7, 11) is 0. The van der Waals surface area contributed by atoms with Gasteiger partial charge in [-0.2, -0.15) is 0 Å². The van der Waals surface area contributed by atoms with E-state index in [4.69, 9.17) is 27.5 Å². The topological polar surface area (TPSA) is 42.8 Å². The molecular weight excluding hydrogens is 468 g/mol. The predicted octanol–water partition coefficient (Wildman–Crippen LogP) is 7.64. The van der Waals surface area contributed by atoms with Gasteiger partial charge in [0, 0.05) is 17.8 Å². The second-order valence-electron chi connectivity index (χ2n) is 9.17. The lowest BCUT2D eigenvalue weighted by Crippen LogP contribution is -2.29. The fourth-order valence-electron chi connectivity index (χ4n) is 5.14. The van der Waals surface area contributed by atoms with Gasteiger partial charge in [0.25, 0.3) is 0 Å². The number of benzene rings is 3. The molecule has 0 spiro atoms. The third kappa shape index (κ3) is 4.85. The van der Waals surface area contributed by atoms with Crippen molar-refractivity contribution < 1.29 is 9.47 Å². The molecule has 0 radical (unpaired) electrons. The van der Waals surface area contributed by atoms with Gasteiger partial charge in [-0.05, 0) is 73.2 Å². The van der Waals surface area contributed by atoms with Crippen LogP contribution in [0, 0.1) is 25.2 Å². The van der Waals surface area contributed by atoms with Crippen molar-refractivity contribution in [2.24, 2.45) is 10.9 Å². The van der Waals surface area contributed by atoms with Crippen molar-refractivity contribution in [1.29, 1.82) is 0 Å². The van der Waals surface area contributed by atoms with Gasteiger partial charge in [-0.3, -0.25) is 4.99 Å². The standard InChI is InChI=1S/C31H29ClN2O2/c1-4-15-36-31-27(32)17-21(18-29(31)35-5-2)19-33-23-12-10-22(11-13-23)30-25-8-6-7-24(25)26-16-20(3)9-14-28(26)34-30/h1,6-7,9-14,16-19,24-25,30,34H,5,8,15H2,2-3H3/t24-,25+,30+/m1/s1. The lowest BCUT2D eigenvalue weighted by molar-refractivity contribution is 0.299. The maximum Gasteiger partial charge on any atom is 0.181 e. The van der Waals surface area contributed by atoms with E-state index in [2.05, 4.69) is 77.8 Å². The minimum Gasteiger partial charge on any atom is -0.490 e. The average Bonchev–Trinajstić information content (AvgIpc) is 3.38. The normalized spacial score (nSPS) is 19.9. The van der Waals surface area contributed by atoms with Crippen molar-refractivity contribution in [2.75, 3.05) is 18.5 Å². The maximum atomic E-state index is 6.44. The molecule has 0 fully saturated rings. The molecule has 1 N–H and O–H groups in total. The molecule has 3 atom stereocenters. The Morgan fingerprint density at radius 1 is 1.14 bits per heavy atom. The van der Waals surface area contributed by atoms with Crippen LogP contribution in [0.2, 0.25) is 5.02 Å². The Hall–Kier alpha value is -3.68. The van der Waals surface area contributed by atoms with Gasteiger partial charge in [0.1, 0.15) is 6.61 Å². The number of aliphatic imine (C=N–C) groups is 1. The van der Waals surface area contributed by atoms with Gasteiger partial charge in [-0.1, -0.05) is 59.5 Å². The number of aryl methyl sites for hydroxylation is 1. The van der Waals surface area contributed by atoms with E-state index in [0.717, 1.165) is 17.7 Å². The Kier molecular flexibility index (Phi) is 7.02. The number of ether oxygens (including phenoxy) is 2. The summed E-state index contributed by atoms with van der Waals surface area (Å²) in [6.07, 6.45) is 12.9. The molecule has 4 nitrogen and oxygen atoms in total. The zero-order valence-electron chi connectivity index (χ0n) is 20.5. The molecule has 0 bridgehead atoms. The van der Waals surface area contributed by atoms with E-state index in [1.165, 1.54) is 22.4 Å². The summed E-state index contributed by atoms with van der Waals surface area (Å²) in [5, 5.41) is 4.24. The Labute approximate surface area is 218 Å².